The molecule has 0 radical (unpaired) electrons. The fourth-order valence-corrected chi connectivity index (χ4v) is 4.27. The van der Waals surface area contributed by atoms with Gasteiger partial charge in [-0.05, 0) is 36.0 Å². The first-order valence-corrected chi connectivity index (χ1v) is 10.8. The molecule has 9 heteroatoms. The van der Waals surface area contributed by atoms with Crippen LogP contribution in [-0.4, -0.2) is 37.1 Å². The first-order chi connectivity index (χ1) is 13.6. The Morgan fingerprint density at radius 3 is 2.38 bits per heavy atom. The maximum Gasteiger partial charge on any atom is 0.269 e. The number of nitrogens with one attached hydrogen (secondary N) is 1. The number of hydrogen-bond donors (Lipinski definition) is 3. The monoisotopic (exact) mass is 421 g/mol. The molecule has 0 aromatic heterocycles. The van der Waals surface area contributed by atoms with E-state index in [2.05, 4.69) is 4.72 Å². The molecule has 0 saturated heterocycles. The van der Waals surface area contributed by atoms with Gasteiger partial charge in [0.25, 0.3) is 5.69 Å². The molecule has 0 bridgehead atoms. The van der Waals surface area contributed by atoms with Crippen LogP contribution in [0.15, 0.2) is 53.4 Å². The highest BCUT2D eigenvalue weighted by Gasteiger charge is 2.24. The van der Waals surface area contributed by atoms with Crippen LogP contribution in [0.4, 0.5) is 5.69 Å². The van der Waals surface area contributed by atoms with Crippen LogP contribution in [-0.2, 0) is 22.9 Å². The fraction of sp³-hybridized carbons (Fsp3) is 0.400. The molecule has 0 fully saturated rings. The van der Waals surface area contributed by atoms with E-state index in [0.717, 1.165) is 11.6 Å². The number of nitrogens with two attached hydrogens (primary N) is 1. The molecule has 0 heterocycles. The molecule has 2 aromatic rings. The molecule has 0 aliphatic carbocycles. The third-order valence-corrected chi connectivity index (χ3v) is 5.99. The Morgan fingerprint density at radius 1 is 1.14 bits per heavy atom. The second-order valence-corrected chi connectivity index (χ2v) is 9.16. The molecule has 2 rings (SSSR count). The van der Waals surface area contributed by atoms with Crippen molar-refractivity contribution < 1.29 is 18.4 Å². The smallest absolute Gasteiger partial charge is 0.269 e. The number of aliphatic hydroxyl groups excluding tert-OH is 1. The molecular weight excluding hydrogens is 394 g/mol. The van der Waals surface area contributed by atoms with E-state index < -0.39 is 27.1 Å². The summed E-state index contributed by atoms with van der Waals surface area (Å²) < 4.78 is 27.9. The third kappa shape index (κ3) is 6.60. The Kier molecular flexibility index (Phi) is 7.86. The molecule has 2 aromatic carbocycles. The van der Waals surface area contributed by atoms with E-state index in [1.165, 1.54) is 12.1 Å². The molecule has 0 aliphatic rings. The lowest BCUT2D eigenvalue weighted by Gasteiger charge is -2.20. The lowest BCUT2D eigenvalue weighted by Crippen LogP contribution is -2.44. The van der Waals surface area contributed by atoms with Gasteiger partial charge in [0.2, 0.25) is 10.0 Å². The van der Waals surface area contributed by atoms with Gasteiger partial charge in [0.15, 0.2) is 0 Å². The van der Waals surface area contributed by atoms with Crippen molar-refractivity contribution in [3.63, 3.8) is 0 Å². The van der Waals surface area contributed by atoms with Crippen molar-refractivity contribution in [3.8, 4) is 0 Å². The summed E-state index contributed by atoms with van der Waals surface area (Å²) in [6.07, 6.45) is -0.315. The van der Waals surface area contributed by atoms with Crippen molar-refractivity contribution in [2.75, 3.05) is 6.54 Å². The molecule has 0 aliphatic heterocycles. The molecule has 2 atom stereocenters. The van der Waals surface area contributed by atoms with E-state index >= 15 is 0 Å². The number of nitro groups is 1. The predicted octanol–water partition coefficient (Wildman–Crippen LogP) is 2.00. The Bertz CT molecular complexity index is 932. The highest BCUT2D eigenvalue weighted by Crippen LogP contribution is 2.24. The van der Waals surface area contributed by atoms with Crippen molar-refractivity contribution in [1.82, 2.24) is 4.72 Å². The fourth-order valence-electron chi connectivity index (χ4n) is 2.99. The van der Waals surface area contributed by atoms with E-state index in [-0.39, 0.29) is 23.0 Å². The molecule has 29 heavy (non-hydrogen) atoms. The quantitative estimate of drug-likeness (QED) is 0.397. The van der Waals surface area contributed by atoms with Gasteiger partial charge in [0, 0.05) is 24.7 Å². The second kappa shape index (κ2) is 9.93. The van der Waals surface area contributed by atoms with Crippen LogP contribution in [0, 0.1) is 16.0 Å². The Balaban J connectivity index is 2.12. The summed E-state index contributed by atoms with van der Waals surface area (Å²) in [5.41, 5.74) is 7.15. The van der Waals surface area contributed by atoms with Crippen LogP contribution in [0.1, 0.15) is 25.0 Å². The van der Waals surface area contributed by atoms with Crippen molar-refractivity contribution >= 4 is 15.7 Å². The van der Waals surface area contributed by atoms with Crippen LogP contribution in [0.25, 0.3) is 0 Å². The molecule has 4 N–H and O–H groups in total. The molecule has 8 nitrogen and oxygen atoms in total. The van der Waals surface area contributed by atoms with Crippen molar-refractivity contribution in [2.24, 2.45) is 11.7 Å². The number of nitro benzene ring substituents is 1. The molecule has 0 spiro atoms. The van der Waals surface area contributed by atoms with E-state index in [1.54, 1.807) is 0 Å². The summed E-state index contributed by atoms with van der Waals surface area (Å²) in [5, 5.41) is 21.3. The van der Waals surface area contributed by atoms with Crippen LogP contribution >= 0.6 is 0 Å². The number of rotatable bonds is 10. The van der Waals surface area contributed by atoms with Gasteiger partial charge in [-0.25, -0.2) is 13.1 Å². The van der Waals surface area contributed by atoms with Crippen LogP contribution in [0.5, 0.6) is 0 Å². The summed E-state index contributed by atoms with van der Waals surface area (Å²) in [7, 11) is -3.97. The first kappa shape index (κ1) is 23.0. The number of aliphatic hydroxyl groups is 1. The third-order valence-electron chi connectivity index (χ3n) is 4.46. The number of non-ortho nitro benzene ring substituents is 1. The van der Waals surface area contributed by atoms with Gasteiger partial charge < -0.3 is 10.8 Å². The Hall–Kier alpha value is -2.33. The largest absolute Gasteiger partial charge is 0.390 e. The van der Waals surface area contributed by atoms with Gasteiger partial charge in [0.1, 0.15) is 0 Å². The van der Waals surface area contributed by atoms with E-state index in [9.17, 15) is 23.6 Å². The second-order valence-electron chi connectivity index (χ2n) is 7.42. The molecule has 2 unspecified atom stereocenters. The van der Waals surface area contributed by atoms with Crippen molar-refractivity contribution in [3.05, 3.63) is 69.8 Å². The Morgan fingerprint density at radius 2 is 1.79 bits per heavy atom. The number of sulfonamides is 1. The highest BCUT2D eigenvalue weighted by molar-refractivity contribution is 7.89. The summed E-state index contributed by atoms with van der Waals surface area (Å²) in [6.45, 7) is 3.54. The van der Waals surface area contributed by atoms with Gasteiger partial charge >= 0.3 is 0 Å². The van der Waals surface area contributed by atoms with E-state index in [1.807, 2.05) is 44.2 Å². The summed E-state index contributed by atoms with van der Waals surface area (Å²) >= 11 is 0. The van der Waals surface area contributed by atoms with Crippen molar-refractivity contribution in [1.29, 1.82) is 0 Å². The minimum atomic E-state index is -3.97. The minimum absolute atomic E-state index is 0.0272. The average Bonchev–Trinajstić information content (AvgIpc) is 2.66. The van der Waals surface area contributed by atoms with Gasteiger partial charge in [-0.15, -0.1) is 0 Å². The molecule has 158 valence electrons. The van der Waals surface area contributed by atoms with E-state index in [0.29, 0.717) is 18.4 Å². The summed E-state index contributed by atoms with van der Waals surface area (Å²) in [4.78, 5) is 10.5. The van der Waals surface area contributed by atoms with Gasteiger partial charge in [-0.1, -0.05) is 44.2 Å². The lowest BCUT2D eigenvalue weighted by atomic mass is 10.0. The van der Waals surface area contributed by atoms with Gasteiger partial charge in [0.05, 0.1) is 15.9 Å². The minimum Gasteiger partial charge on any atom is -0.390 e. The summed E-state index contributed by atoms with van der Waals surface area (Å²) in [5.74, 6) is 0.107. The normalized spacial score (nSPS) is 14.0. The van der Waals surface area contributed by atoms with Gasteiger partial charge in [-0.3, -0.25) is 10.1 Å². The van der Waals surface area contributed by atoms with E-state index in [4.69, 9.17) is 5.73 Å². The first-order valence-electron chi connectivity index (χ1n) is 9.34. The number of hydrogen-bond acceptors (Lipinski definition) is 6. The van der Waals surface area contributed by atoms with Crippen molar-refractivity contribution in [2.45, 2.75) is 43.7 Å². The molecule has 0 amide bonds. The standard InChI is InChI=1S/C20H27N3O5S/c1-14(2)10-16-12-17(23(25)26)8-9-20(16)29(27,28)22-13-19(24)18(21)11-15-6-4-3-5-7-15/h3-9,12,14,18-19,22,24H,10-11,13,21H2,1-2H3. The number of nitrogens with zero attached hydrogens (tertiary/aromatic N) is 1. The van der Waals surface area contributed by atoms with Crippen LogP contribution in [0.2, 0.25) is 0 Å². The maximum atomic E-state index is 12.8. The number of benzene rings is 2. The van der Waals surface area contributed by atoms with Gasteiger partial charge in [-0.2, -0.15) is 0 Å². The average molecular weight is 422 g/mol. The molecule has 0 saturated carbocycles. The van der Waals surface area contributed by atoms with Crippen LogP contribution < -0.4 is 10.5 Å². The lowest BCUT2D eigenvalue weighted by molar-refractivity contribution is -0.385. The Labute approximate surface area is 171 Å². The SMILES string of the molecule is CC(C)Cc1cc([N+](=O)[O-])ccc1S(=O)(=O)NCC(O)C(N)Cc1ccccc1. The topological polar surface area (TPSA) is 136 Å². The zero-order valence-electron chi connectivity index (χ0n) is 16.5. The maximum absolute atomic E-state index is 12.8. The zero-order chi connectivity index (χ0) is 21.6. The highest BCUT2D eigenvalue weighted by atomic mass is 32.2. The summed E-state index contributed by atoms with van der Waals surface area (Å²) in [6, 6.07) is 12.4. The zero-order valence-corrected chi connectivity index (χ0v) is 17.3. The molecular formula is C20H27N3O5S. The van der Waals surface area contributed by atoms with Crippen LogP contribution in [0.3, 0.4) is 0 Å². The predicted molar refractivity (Wildman–Crippen MR) is 111 cm³/mol.